The van der Waals surface area contributed by atoms with Crippen LogP contribution in [0.1, 0.15) is 51.7 Å². The van der Waals surface area contributed by atoms with E-state index in [0.29, 0.717) is 13.0 Å². The smallest absolute Gasteiger partial charge is 0.407 e. The van der Waals surface area contributed by atoms with Gasteiger partial charge in [-0.2, -0.15) is 0 Å². The number of carbonyl (C=O) groups excluding carboxylic acids is 2. The SMILES string of the molecule is CC(OCc1ccc2cc(/C=C/C(=O)O)ccc2c1)C(CCC(N)=O)NC(=O)OC(C)(C)C. The molecule has 0 aromatic heterocycles. The molecule has 0 saturated heterocycles. The fourth-order valence-corrected chi connectivity index (χ4v) is 3.20. The molecule has 2 atom stereocenters. The van der Waals surface area contributed by atoms with Crippen molar-refractivity contribution < 1.29 is 29.0 Å². The average Bonchev–Trinajstić information content (AvgIpc) is 2.71. The lowest BCUT2D eigenvalue weighted by molar-refractivity contribution is -0.131. The first kappa shape index (κ1) is 25.9. The summed E-state index contributed by atoms with van der Waals surface area (Å²) in [4.78, 5) is 34.2. The number of alkyl carbamates (subject to hydrolysis) is 1. The summed E-state index contributed by atoms with van der Waals surface area (Å²) in [6, 6.07) is 11.1. The molecule has 2 aromatic carbocycles. The minimum Gasteiger partial charge on any atom is -0.478 e. The summed E-state index contributed by atoms with van der Waals surface area (Å²) in [5, 5.41) is 13.5. The Morgan fingerprint density at radius 1 is 1.12 bits per heavy atom. The summed E-state index contributed by atoms with van der Waals surface area (Å²) in [5.74, 6) is -1.45. The van der Waals surface area contributed by atoms with Gasteiger partial charge in [0.15, 0.2) is 0 Å². The van der Waals surface area contributed by atoms with Crippen LogP contribution in [0.25, 0.3) is 16.8 Å². The number of carboxylic acid groups (broad SMARTS) is 1. The molecule has 0 aliphatic heterocycles. The molecule has 0 aliphatic carbocycles. The van der Waals surface area contributed by atoms with Crippen LogP contribution in [0.3, 0.4) is 0 Å². The number of carboxylic acids is 1. The van der Waals surface area contributed by atoms with Crippen molar-refractivity contribution in [2.24, 2.45) is 5.73 Å². The van der Waals surface area contributed by atoms with Crippen molar-refractivity contribution in [2.45, 2.75) is 64.9 Å². The van der Waals surface area contributed by atoms with Crippen LogP contribution in [0.5, 0.6) is 0 Å². The number of aliphatic carboxylic acids is 1. The number of ether oxygens (including phenoxy) is 2. The number of hydrogen-bond donors (Lipinski definition) is 3. The van der Waals surface area contributed by atoms with E-state index in [0.717, 1.165) is 28.0 Å². The van der Waals surface area contributed by atoms with E-state index in [1.54, 1.807) is 26.8 Å². The number of primary amides is 1. The third-order valence-corrected chi connectivity index (χ3v) is 4.83. The summed E-state index contributed by atoms with van der Waals surface area (Å²) in [7, 11) is 0. The Hall–Kier alpha value is -3.39. The normalized spacial score (nSPS) is 13.6. The molecule has 0 spiro atoms. The minimum atomic E-state index is -0.994. The van der Waals surface area contributed by atoms with Crippen LogP contribution in [0.2, 0.25) is 0 Å². The van der Waals surface area contributed by atoms with Gasteiger partial charge in [-0.1, -0.05) is 24.3 Å². The highest BCUT2D eigenvalue weighted by molar-refractivity contribution is 5.89. The zero-order valence-electron chi connectivity index (χ0n) is 19.5. The van der Waals surface area contributed by atoms with Gasteiger partial charge in [-0.3, -0.25) is 4.79 Å². The molecule has 2 aromatic rings. The summed E-state index contributed by atoms with van der Waals surface area (Å²) >= 11 is 0. The molecule has 4 N–H and O–H groups in total. The predicted octanol–water partition coefficient (Wildman–Crippen LogP) is 4.00. The molecule has 178 valence electrons. The molecule has 8 nitrogen and oxygen atoms in total. The van der Waals surface area contributed by atoms with E-state index < -0.39 is 35.7 Å². The van der Waals surface area contributed by atoms with Crippen LogP contribution in [-0.4, -0.2) is 40.8 Å². The van der Waals surface area contributed by atoms with Gasteiger partial charge in [-0.05, 0) is 74.2 Å². The first-order valence-corrected chi connectivity index (χ1v) is 10.8. The summed E-state index contributed by atoms with van der Waals surface area (Å²) < 4.78 is 11.3. The monoisotopic (exact) mass is 456 g/mol. The molecule has 2 rings (SSSR count). The van der Waals surface area contributed by atoms with Crippen LogP contribution >= 0.6 is 0 Å². The molecular formula is C25H32N2O6. The average molecular weight is 457 g/mol. The number of hydrogen-bond acceptors (Lipinski definition) is 5. The molecule has 2 unspecified atom stereocenters. The van der Waals surface area contributed by atoms with E-state index in [2.05, 4.69) is 5.32 Å². The van der Waals surface area contributed by atoms with Gasteiger partial charge in [0.2, 0.25) is 5.91 Å². The minimum absolute atomic E-state index is 0.114. The van der Waals surface area contributed by atoms with Crippen molar-refractivity contribution in [1.82, 2.24) is 5.32 Å². The van der Waals surface area contributed by atoms with Crippen LogP contribution < -0.4 is 11.1 Å². The molecule has 0 fully saturated rings. The first-order chi connectivity index (χ1) is 15.4. The lowest BCUT2D eigenvalue weighted by Crippen LogP contribution is -2.45. The van der Waals surface area contributed by atoms with Gasteiger partial charge in [0, 0.05) is 12.5 Å². The quantitative estimate of drug-likeness (QED) is 0.464. The first-order valence-electron chi connectivity index (χ1n) is 10.8. The standard InChI is InChI=1S/C25H32N2O6/c1-16(21(10-11-22(26)28)27-24(31)33-25(2,3)4)32-15-18-6-9-19-13-17(7-12-23(29)30)5-8-20(19)14-18/h5-9,12-14,16,21H,10-11,15H2,1-4H3,(H2,26,28)(H,27,31)(H,29,30)/b12-7+. The van der Waals surface area contributed by atoms with E-state index >= 15 is 0 Å². The summed E-state index contributed by atoms with van der Waals surface area (Å²) in [5.41, 5.74) is 6.37. The van der Waals surface area contributed by atoms with Crippen molar-refractivity contribution in [2.75, 3.05) is 0 Å². The Morgan fingerprint density at radius 3 is 2.42 bits per heavy atom. The highest BCUT2D eigenvalue weighted by Gasteiger charge is 2.24. The Labute approximate surface area is 193 Å². The highest BCUT2D eigenvalue weighted by atomic mass is 16.6. The molecular weight excluding hydrogens is 424 g/mol. The van der Waals surface area contributed by atoms with Gasteiger partial charge in [0.1, 0.15) is 5.60 Å². The highest BCUT2D eigenvalue weighted by Crippen LogP contribution is 2.20. The maximum Gasteiger partial charge on any atom is 0.407 e. The Bertz CT molecular complexity index is 1030. The van der Waals surface area contributed by atoms with Gasteiger partial charge < -0.3 is 25.6 Å². The van der Waals surface area contributed by atoms with Crippen molar-refractivity contribution in [3.63, 3.8) is 0 Å². The van der Waals surface area contributed by atoms with E-state index in [1.165, 1.54) is 0 Å². The zero-order valence-corrected chi connectivity index (χ0v) is 19.5. The largest absolute Gasteiger partial charge is 0.478 e. The number of fused-ring (bicyclic) bond motifs is 1. The van der Waals surface area contributed by atoms with Gasteiger partial charge in [0.05, 0.1) is 18.8 Å². The lowest BCUT2D eigenvalue weighted by Gasteiger charge is -2.27. The summed E-state index contributed by atoms with van der Waals surface area (Å²) in [6.07, 6.45) is 2.12. The lowest BCUT2D eigenvalue weighted by atomic mass is 10.0. The molecule has 0 saturated carbocycles. The maximum atomic E-state index is 12.2. The van der Waals surface area contributed by atoms with E-state index in [4.69, 9.17) is 20.3 Å². The third-order valence-electron chi connectivity index (χ3n) is 4.83. The second-order valence-corrected chi connectivity index (χ2v) is 8.89. The number of rotatable bonds is 10. The fourth-order valence-electron chi connectivity index (χ4n) is 3.20. The van der Waals surface area contributed by atoms with Crippen LogP contribution in [0.15, 0.2) is 42.5 Å². The molecule has 0 aliphatic rings. The van der Waals surface area contributed by atoms with E-state index in [1.807, 2.05) is 43.3 Å². The van der Waals surface area contributed by atoms with Gasteiger partial charge in [-0.15, -0.1) is 0 Å². The topological polar surface area (TPSA) is 128 Å². The maximum absolute atomic E-state index is 12.2. The van der Waals surface area contributed by atoms with Crippen molar-refractivity contribution in [3.8, 4) is 0 Å². The van der Waals surface area contributed by atoms with Crippen molar-refractivity contribution in [1.29, 1.82) is 0 Å². The van der Waals surface area contributed by atoms with Crippen LogP contribution in [-0.2, 0) is 25.7 Å². The number of nitrogens with one attached hydrogen (secondary N) is 1. The third kappa shape index (κ3) is 9.33. The molecule has 0 bridgehead atoms. The second-order valence-electron chi connectivity index (χ2n) is 8.89. The fraction of sp³-hybridized carbons (Fsp3) is 0.400. The predicted molar refractivity (Wildman–Crippen MR) is 126 cm³/mol. The Morgan fingerprint density at radius 2 is 1.79 bits per heavy atom. The van der Waals surface area contributed by atoms with Crippen molar-refractivity contribution >= 4 is 34.8 Å². The molecule has 0 radical (unpaired) electrons. The van der Waals surface area contributed by atoms with E-state index in [9.17, 15) is 14.4 Å². The second kappa shape index (κ2) is 11.5. The number of amides is 2. The molecule has 2 amide bonds. The van der Waals surface area contributed by atoms with Crippen LogP contribution in [0.4, 0.5) is 4.79 Å². The number of benzene rings is 2. The van der Waals surface area contributed by atoms with Gasteiger partial charge in [0.25, 0.3) is 0 Å². The van der Waals surface area contributed by atoms with Crippen LogP contribution in [0, 0.1) is 0 Å². The van der Waals surface area contributed by atoms with Gasteiger partial charge >= 0.3 is 12.1 Å². The molecule has 0 heterocycles. The van der Waals surface area contributed by atoms with E-state index in [-0.39, 0.29) is 6.42 Å². The van der Waals surface area contributed by atoms with Gasteiger partial charge in [-0.25, -0.2) is 9.59 Å². The Kier molecular flexibility index (Phi) is 8.99. The summed E-state index contributed by atoms with van der Waals surface area (Å²) in [6.45, 7) is 7.45. The number of carbonyl (C=O) groups is 3. The molecule has 8 heteroatoms. The zero-order chi connectivity index (χ0) is 24.6. The molecule has 33 heavy (non-hydrogen) atoms. The number of nitrogens with two attached hydrogens (primary N) is 1. The van der Waals surface area contributed by atoms with Crippen molar-refractivity contribution in [3.05, 3.63) is 53.6 Å². The Balaban J connectivity index is 2.05.